The van der Waals surface area contributed by atoms with Crippen molar-refractivity contribution in [2.45, 2.75) is 33.1 Å². The van der Waals surface area contributed by atoms with E-state index in [1.165, 1.54) is 14.2 Å². The lowest BCUT2D eigenvalue weighted by molar-refractivity contribution is -0.151. The highest BCUT2D eigenvalue weighted by atomic mass is 32.2. The second-order valence-corrected chi connectivity index (χ2v) is 9.87. The number of hydrogen-bond acceptors (Lipinski definition) is 9. The third-order valence-corrected chi connectivity index (χ3v) is 7.24. The molecule has 8 nitrogen and oxygen atoms in total. The largest absolute Gasteiger partial charge is 0.497 e. The quantitative estimate of drug-likeness (QED) is 0.308. The fourth-order valence-electron chi connectivity index (χ4n) is 4.74. The predicted octanol–water partition coefficient (Wildman–Crippen LogP) is 3.61. The fraction of sp³-hybridized carbons (Fsp3) is 0.500. The minimum atomic E-state index is -0.962. The van der Waals surface area contributed by atoms with Crippen LogP contribution in [0.25, 0.3) is 0 Å². The molecule has 3 rings (SSSR count). The van der Waals surface area contributed by atoms with E-state index in [4.69, 9.17) is 18.9 Å². The van der Waals surface area contributed by atoms with Gasteiger partial charge in [0.15, 0.2) is 5.78 Å². The molecule has 0 saturated heterocycles. The van der Waals surface area contributed by atoms with Crippen LogP contribution in [0.15, 0.2) is 40.7 Å². The van der Waals surface area contributed by atoms with Gasteiger partial charge in [-0.1, -0.05) is 13.8 Å². The first kappa shape index (κ1) is 26.7. The monoisotopic (exact) mass is 503 g/mol. The van der Waals surface area contributed by atoms with Gasteiger partial charge in [-0.05, 0) is 43.2 Å². The number of methoxy groups -OCH3 is 3. The lowest BCUT2D eigenvalue weighted by Crippen LogP contribution is -2.43. The van der Waals surface area contributed by atoms with E-state index < -0.39 is 23.8 Å². The summed E-state index contributed by atoms with van der Waals surface area (Å²) in [4.78, 5) is 39.8. The minimum Gasteiger partial charge on any atom is -0.497 e. The smallest absolute Gasteiger partial charge is 0.336 e. The maximum Gasteiger partial charge on any atom is 0.336 e. The van der Waals surface area contributed by atoms with Crippen molar-refractivity contribution < 1.29 is 33.3 Å². The zero-order chi connectivity index (χ0) is 25.7. The Labute approximate surface area is 210 Å². The van der Waals surface area contributed by atoms with Gasteiger partial charge in [-0.2, -0.15) is 11.8 Å². The normalized spacial score (nSPS) is 21.8. The van der Waals surface area contributed by atoms with Crippen LogP contribution in [-0.2, 0) is 23.9 Å². The highest BCUT2D eigenvalue weighted by Gasteiger charge is 2.48. The molecule has 9 heteroatoms. The van der Waals surface area contributed by atoms with E-state index in [1.54, 1.807) is 44.0 Å². The van der Waals surface area contributed by atoms with Gasteiger partial charge >= 0.3 is 11.9 Å². The van der Waals surface area contributed by atoms with Crippen molar-refractivity contribution in [3.8, 4) is 11.5 Å². The molecule has 0 amide bonds. The first-order valence-corrected chi connectivity index (χ1v) is 12.7. The summed E-state index contributed by atoms with van der Waals surface area (Å²) in [6.07, 6.45) is 0.455. The van der Waals surface area contributed by atoms with E-state index in [9.17, 15) is 14.4 Å². The van der Waals surface area contributed by atoms with Gasteiger partial charge < -0.3 is 24.3 Å². The summed E-state index contributed by atoms with van der Waals surface area (Å²) in [5.41, 5.74) is 2.53. The predicted molar refractivity (Wildman–Crippen MR) is 133 cm³/mol. The highest BCUT2D eigenvalue weighted by Crippen LogP contribution is 2.48. The fourth-order valence-corrected chi connectivity index (χ4v) is 5.23. The van der Waals surface area contributed by atoms with Gasteiger partial charge in [0.2, 0.25) is 0 Å². The van der Waals surface area contributed by atoms with Gasteiger partial charge in [-0.15, -0.1) is 0 Å². The average Bonchev–Trinajstić information content (AvgIpc) is 2.84. The van der Waals surface area contributed by atoms with Gasteiger partial charge in [-0.3, -0.25) is 9.59 Å². The SMILES string of the molecule is CCSCCOC(=O)C1=C(C)NC2=C(C(=O)C(C(=O)OC)C(C)C2)C1c1cc(OC)ccc1OC. The van der Waals surface area contributed by atoms with Gasteiger partial charge in [0, 0.05) is 28.3 Å². The van der Waals surface area contributed by atoms with Crippen molar-refractivity contribution in [3.05, 3.63) is 46.3 Å². The number of allylic oxidation sites excluding steroid dienone is 3. The van der Waals surface area contributed by atoms with Gasteiger partial charge in [-0.25, -0.2) is 4.79 Å². The lowest BCUT2D eigenvalue weighted by Gasteiger charge is -2.38. The Morgan fingerprint density at radius 1 is 1.17 bits per heavy atom. The van der Waals surface area contributed by atoms with Gasteiger partial charge in [0.1, 0.15) is 24.0 Å². The third-order valence-electron chi connectivity index (χ3n) is 6.38. The van der Waals surface area contributed by atoms with Crippen LogP contribution in [0.4, 0.5) is 0 Å². The number of benzene rings is 1. The van der Waals surface area contributed by atoms with E-state index in [1.807, 2.05) is 13.8 Å². The summed E-state index contributed by atoms with van der Waals surface area (Å²) < 4.78 is 21.6. The number of ether oxygens (including phenoxy) is 4. The second-order valence-electron chi connectivity index (χ2n) is 8.48. The Morgan fingerprint density at radius 2 is 1.91 bits per heavy atom. The molecule has 3 atom stereocenters. The molecular weight excluding hydrogens is 470 g/mol. The highest BCUT2D eigenvalue weighted by molar-refractivity contribution is 7.99. The van der Waals surface area contributed by atoms with Crippen LogP contribution in [0.2, 0.25) is 0 Å². The molecule has 1 aromatic carbocycles. The molecule has 0 radical (unpaired) electrons. The average molecular weight is 504 g/mol. The third kappa shape index (κ3) is 5.34. The van der Waals surface area contributed by atoms with Crippen LogP contribution in [0.5, 0.6) is 11.5 Å². The Bertz CT molecular complexity index is 1060. The molecule has 190 valence electrons. The van der Waals surface area contributed by atoms with E-state index in [-0.39, 0.29) is 18.3 Å². The van der Waals surface area contributed by atoms with Crippen molar-refractivity contribution in [1.29, 1.82) is 0 Å². The number of rotatable bonds is 9. The topological polar surface area (TPSA) is 100 Å². The number of Topliss-reactive ketones (excluding diaryl/α,β-unsaturated/α-hetero) is 1. The van der Waals surface area contributed by atoms with Crippen LogP contribution in [-0.4, -0.2) is 57.2 Å². The van der Waals surface area contributed by atoms with Crippen LogP contribution in [0.3, 0.4) is 0 Å². The molecule has 0 aromatic heterocycles. The number of dihydropyridines is 1. The summed E-state index contributed by atoms with van der Waals surface area (Å²) in [7, 11) is 4.34. The molecule has 2 aliphatic rings. The summed E-state index contributed by atoms with van der Waals surface area (Å²) in [6.45, 7) is 5.93. The van der Waals surface area contributed by atoms with Crippen molar-refractivity contribution >= 4 is 29.5 Å². The molecule has 3 unspecified atom stereocenters. The number of ketones is 1. The zero-order valence-corrected chi connectivity index (χ0v) is 21.9. The van der Waals surface area contributed by atoms with Crippen LogP contribution in [0.1, 0.15) is 38.7 Å². The van der Waals surface area contributed by atoms with E-state index in [0.717, 1.165) is 5.75 Å². The van der Waals surface area contributed by atoms with Gasteiger partial charge in [0.05, 0.1) is 32.8 Å². The number of nitrogens with one attached hydrogen (secondary N) is 1. The molecule has 1 aliphatic carbocycles. The van der Waals surface area contributed by atoms with Crippen molar-refractivity contribution in [2.75, 3.05) is 39.4 Å². The first-order valence-electron chi connectivity index (χ1n) is 11.6. The van der Waals surface area contributed by atoms with Crippen LogP contribution in [0, 0.1) is 11.8 Å². The van der Waals surface area contributed by atoms with E-state index in [2.05, 4.69) is 5.32 Å². The molecule has 1 aliphatic heterocycles. The van der Waals surface area contributed by atoms with E-state index in [0.29, 0.717) is 51.8 Å². The summed E-state index contributed by atoms with van der Waals surface area (Å²) in [6, 6.07) is 5.24. The Kier molecular flexibility index (Phi) is 8.88. The molecule has 0 spiro atoms. The molecule has 0 saturated carbocycles. The molecule has 0 fully saturated rings. The van der Waals surface area contributed by atoms with Crippen molar-refractivity contribution in [3.63, 3.8) is 0 Å². The summed E-state index contributed by atoms with van der Waals surface area (Å²) in [5, 5.41) is 3.26. The maximum atomic E-state index is 13.8. The van der Waals surface area contributed by atoms with Crippen LogP contribution < -0.4 is 14.8 Å². The van der Waals surface area contributed by atoms with Gasteiger partial charge in [0.25, 0.3) is 0 Å². The van der Waals surface area contributed by atoms with Crippen LogP contribution >= 0.6 is 11.8 Å². The lowest BCUT2D eigenvalue weighted by atomic mass is 9.69. The molecule has 1 aromatic rings. The summed E-state index contributed by atoms with van der Waals surface area (Å²) in [5.74, 6) is -0.865. The number of esters is 2. The zero-order valence-electron chi connectivity index (χ0n) is 21.1. The molecule has 35 heavy (non-hydrogen) atoms. The molecular formula is C26H33NO7S. The first-order chi connectivity index (χ1) is 16.8. The molecule has 1 heterocycles. The maximum absolute atomic E-state index is 13.8. The Hall–Kier alpha value is -2.94. The van der Waals surface area contributed by atoms with Crippen molar-refractivity contribution in [1.82, 2.24) is 5.32 Å². The molecule has 0 bridgehead atoms. The minimum absolute atomic E-state index is 0.248. The Balaban J connectivity index is 2.17. The molecule has 1 N–H and O–H groups in total. The van der Waals surface area contributed by atoms with Crippen molar-refractivity contribution in [2.24, 2.45) is 11.8 Å². The second kappa shape index (κ2) is 11.7. The van der Waals surface area contributed by atoms with E-state index >= 15 is 0 Å². The number of carbonyl (C=O) groups is 3. The standard InChI is InChI=1S/C26H33NO7S/c1-7-35-11-10-34-26(30)21-15(3)27-18-12-14(2)20(25(29)33-6)24(28)23(18)22(21)17-13-16(31-4)8-9-19(17)32-5/h8-9,13-14,20,22,27H,7,10-12H2,1-6H3. The summed E-state index contributed by atoms with van der Waals surface area (Å²) >= 11 is 1.67. The number of carbonyl (C=O) groups excluding carboxylic acids is 3. The number of hydrogen-bond donors (Lipinski definition) is 1. The Morgan fingerprint density at radius 3 is 2.54 bits per heavy atom. The number of thioether (sulfide) groups is 1.